The number of aromatic nitrogens is 1. The van der Waals surface area contributed by atoms with Crippen molar-refractivity contribution in [3.05, 3.63) is 40.9 Å². The van der Waals surface area contributed by atoms with Crippen LogP contribution in [0.2, 0.25) is 0 Å². The molecule has 1 fully saturated rings. The zero-order chi connectivity index (χ0) is 18.7. The van der Waals surface area contributed by atoms with E-state index < -0.39 is 11.7 Å². The molecule has 8 heteroatoms. The van der Waals surface area contributed by atoms with Crippen LogP contribution in [0.1, 0.15) is 31.0 Å². The smallest absolute Gasteiger partial charge is 0.351 e. The van der Waals surface area contributed by atoms with E-state index in [0.717, 1.165) is 31.5 Å². The average Bonchev–Trinajstić information content (AvgIpc) is 3.05. The van der Waals surface area contributed by atoms with Crippen molar-refractivity contribution in [1.82, 2.24) is 15.6 Å². The minimum absolute atomic E-state index is 0.0952. The number of benzene rings is 1. The van der Waals surface area contributed by atoms with Crippen molar-refractivity contribution in [2.24, 2.45) is 0 Å². The summed E-state index contributed by atoms with van der Waals surface area (Å²) in [5.74, 6) is -0.119. The Labute approximate surface area is 153 Å². The first-order valence-electron chi connectivity index (χ1n) is 8.48. The summed E-state index contributed by atoms with van der Waals surface area (Å²) < 4.78 is 38.5. The van der Waals surface area contributed by atoms with Gasteiger partial charge in [0.05, 0.1) is 17.7 Å². The molecule has 0 radical (unpaired) electrons. The fourth-order valence-corrected chi connectivity index (χ4v) is 3.83. The fraction of sp³-hybridized carbons (Fsp3) is 0.444. The van der Waals surface area contributed by atoms with E-state index in [2.05, 4.69) is 15.6 Å². The number of rotatable bonds is 4. The van der Waals surface area contributed by atoms with E-state index in [1.807, 2.05) is 6.92 Å². The van der Waals surface area contributed by atoms with Gasteiger partial charge in [0.1, 0.15) is 5.01 Å². The zero-order valence-electron chi connectivity index (χ0n) is 14.3. The molecule has 1 aromatic heterocycles. The van der Waals surface area contributed by atoms with Gasteiger partial charge in [-0.25, -0.2) is 4.98 Å². The molecule has 1 amide bonds. The van der Waals surface area contributed by atoms with Gasteiger partial charge in [-0.15, -0.1) is 11.3 Å². The maximum atomic E-state index is 12.8. The molecule has 1 aliphatic rings. The molecule has 2 N–H and O–H groups in total. The summed E-state index contributed by atoms with van der Waals surface area (Å²) in [6.45, 7) is 3.00. The number of nitrogens with one attached hydrogen (secondary N) is 2. The van der Waals surface area contributed by atoms with E-state index >= 15 is 0 Å². The Morgan fingerprint density at radius 1 is 1.42 bits per heavy atom. The molecule has 0 spiro atoms. The number of amides is 1. The van der Waals surface area contributed by atoms with E-state index in [-0.39, 0.29) is 24.4 Å². The highest BCUT2D eigenvalue weighted by atomic mass is 32.1. The Morgan fingerprint density at radius 2 is 2.23 bits per heavy atom. The van der Waals surface area contributed by atoms with Crippen LogP contribution >= 0.6 is 11.3 Å². The predicted octanol–water partition coefficient (Wildman–Crippen LogP) is 3.63. The fourth-order valence-electron chi connectivity index (χ4n) is 3.01. The molecule has 2 heterocycles. The maximum absolute atomic E-state index is 12.8. The number of hydrogen-bond acceptors (Lipinski definition) is 4. The molecule has 1 saturated heterocycles. The van der Waals surface area contributed by atoms with Crippen LogP contribution in [-0.2, 0) is 17.4 Å². The molecular weight excluding hydrogens is 363 g/mol. The third kappa shape index (κ3) is 4.62. The number of carbonyl (C=O) groups is 1. The maximum Gasteiger partial charge on any atom is 0.416 e. The van der Waals surface area contributed by atoms with Crippen LogP contribution in [0.5, 0.6) is 0 Å². The standard InChI is InChI=1S/C18H20F3N3OS/c1-11-15(6-3-7-22-11)24-16(25)9-14-10-26-17(23-14)12-4-2-5-13(8-12)18(19,20)21/h2,4-5,8,10-11,15,22H,3,6-7,9H2,1H3,(H,24,25). The third-order valence-electron chi connectivity index (χ3n) is 4.44. The highest BCUT2D eigenvalue weighted by Gasteiger charge is 2.30. The lowest BCUT2D eigenvalue weighted by Crippen LogP contribution is -2.52. The average molecular weight is 383 g/mol. The van der Waals surface area contributed by atoms with Gasteiger partial charge in [-0.1, -0.05) is 12.1 Å². The molecule has 2 aromatic rings. The van der Waals surface area contributed by atoms with Crippen molar-refractivity contribution in [3.63, 3.8) is 0 Å². The molecule has 2 unspecified atom stereocenters. The van der Waals surface area contributed by atoms with Crippen LogP contribution in [0.4, 0.5) is 13.2 Å². The molecule has 0 bridgehead atoms. The molecule has 26 heavy (non-hydrogen) atoms. The topological polar surface area (TPSA) is 54.0 Å². The largest absolute Gasteiger partial charge is 0.416 e. The molecule has 1 aliphatic heterocycles. The number of nitrogens with zero attached hydrogens (tertiary/aromatic N) is 1. The van der Waals surface area contributed by atoms with Crippen molar-refractivity contribution in [2.45, 2.75) is 44.4 Å². The van der Waals surface area contributed by atoms with Gasteiger partial charge in [0.15, 0.2) is 0 Å². The van der Waals surface area contributed by atoms with Crippen molar-refractivity contribution in [1.29, 1.82) is 0 Å². The summed E-state index contributed by atoms with van der Waals surface area (Å²) in [6, 6.07) is 5.39. The van der Waals surface area contributed by atoms with Gasteiger partial charge in [0, 0.05) is 23.0 Å². The highest BCUT2D eigenvalue weighted by Crippen LogP contribution is 2.33. The Kier molecular flexibility index (Phi) is 5.62. The molecule has 0 saturated carbocycles. The second kappa shape index (κ2) is 7.75. The molecule has 4 nitrogen and oxygen atoms in total. The van der Waals surface area contributed by atoms with Crippen LogP contribution in [-0.4, -0.2) is 29.5 Å². The third-order valence-corrected chi connectivity index (χ3v) is 5.38. The van der Waals surface area contributed by atoms with Crippen molar-refractivity contribution in [3.8, 4) is 10.6 Å². The van der Waals surface area contributed by atoms with Crippen LogP contribution in [0.25, 0.3) is 10.6 Å². The molecular formula is C18H20F3N3OS. The van der Waals surface area contributed by atoms with Gasteiger partial charge in [-0.3, -0.25) is 4.79 Å². The van der Waals surface area contributed by atoms with Gasteiger partial charge in [-0.05, 0) is 38.4 Å². The number of alkyl halides is 3. The highest BCUT2D eigenvalue weighted by molar-refractivity contribution is 7.13. The van der Waals surface area contributed by atoms with Gasteiger partial charge in [0.25, 0.3) is 0 Å². The number of hydrogen-bond donors (Lipinski definition) is 2. The van der Waals surface area contributed by atoms with Crippen molar-refractivity contribution < 1.29 is 18.0 Å². The van der Waals surface area contributed by atoms with Crippen molar-refractivity contribution >= 4 is 17.2 Å². The molecule has 140 valence electrons. The summed E-state index contributed by atoms with van der Waals surface area (Å²) in [5, 5.41) is 8.53. The number of carbonyl (C=O) groups excluding carboxylic acids is 1. The van der Waals surface area contributed by atoms with Crippen LogP contribution in [0, 0.1) is 0 Å². The van der Waals surface area contributed by atoms with Crippen LogP contribution in [0.3, 0.4) is 0 Å². The second-order valence-electron chi connectivity index (χ2n) is 6.46. The van der Waals surface area contributed by atoms with Crippen LogP contribution < -0.4 is 10.6 Å². The van der Waals surface area contributed by atoms with Crippen LogP contribution in [0.15, 0.2) is 29.6 Å². The van der Waals surface area contributed by atoms with Gasteiger partial charge < -0.3 is 10.6 Å². The Balaban J connectivity index is 1.65. The minimum atomic E-state index is -4.39. The first kappa shape index (κ1) is 18.8. The quantitative estimate of drug-likeness (QED) is 0.848. The van der Waals surface area contributed by atoms with Gasteiger partial charge in [0.2, 0.25) is 5.91 Å². The van der Waals surface area contributed by atoms with E-state index in [4.69, 9.17) is 0 Å². The second-order valence-corrected chi connectivity index (χ2v) is 7.32. The number of piperidine rings is 1. The Bertz CT molecular complexity index is 775. The minimum Gasteiger partial charge on any atom is -0.351 e. The van der Waals surface area contributed by atoms with E-state index in [1.54, 1.807) is 11.4 Å². The van der Waals surface area contributed by atoms with E-state index in [9.17, 15) is 18.0 Å². The monoisotopic (exact) mass is 383 g/mol. The summed E-state index contributed by atoms with van der Waals surface area (Å²) >= 11 is 1.24. The van der Waals surface area contributed by atoms with E-state index in [0.29, 0.717) is 16.3 Å². The molecule has 1 aromatic carbocycles. The first-order chi connectivity index (χ1) is 12.3. The predicted molar refractivity (Wildman–Crippen MR) is 94.9 cm³/mol. The number of halogens is 3. The molecule has 2 atom stereocenters. The Hall–Kier alpha value is -1.93. The molecule has 3 rings (SSSR count). The van der Waals surface area contributed by atoms with E-state index in [1.165, 1.54) is 17.4 Å². The van der Waals surface area contributed by atoms with Gasteiger partial charge in [-0.2, -0.15) is 13.2 Å². The SMILES string of the molecule is CC1NCCCC1NC(=O)Cc1csc(-c2cccc(C(F)(F)F)c2)n1. The zero-order valence-corrected chi connectivity index (χ0v) is 15.1. The summed E-state index contributed by atoms with van der Waals surface area (Å²) in [4.78, 5) is 16.6. The Morgan fingerprint density at radius 3 is 2.96 bits per heavy atom. The lowest BCUT2D eigenvalue weighted by molar-refractivity contribution is -0.137. The lowest BCUT2D eigenvalue weighted by atomic mass is 10.00. The summed E-state index contributed by atoms with van der Waals surface area (Å²) in [5.41, 5.74) is 0.265. The normalized spacial score (nSPS) is 20.8. The number of thiazole rings is 1. The summed E-state index contributed by atoms with van der Waals surface area (Å²) in [7, 11) is 0. The lowest BCUT2D eigenvalue weighted by Gasteiger charge is -2.30. The first-order valence-corrected chi connectivity index (χ1v) is 9.35. The van der Waals surface area contributed by atoms with Gasteiger partial charge >= 0.3 is 6.18 Å². The summed E-state index contributed by atoms with van der Waals surface area (Å²) in [6.07, 6.45) is -2.31. The van der Waals surface area contributed by atoms with Crippen molar-refractivity contribution in [2.75, 3.05) is 6.54 Å². The molecule has 0 aliphatic carbocycles.